The van der Waals surface area contributed by atoms with E-state index in [1.54, 1.807) is 51.3 Å². The van der Waals surface area contributed by atoms with Crippen molar-refractivity contribution in [2.45, 2.75) is 19.9 Å². The maximum atomic E-state index is 12.7. The number of carbonyl (C=O) groups excluding carboxylic acids is 1. The molecule has 1 amide bonds. The number of amides is 1. The second kappa shape index (κ2) is 8.56. The average molecular weight is 408 g/mol. The summed E-state index contributed by atoms with van der Waals surface area (Å²) in [6.07, 6.45) is 0. The Morgan fingerprint density at radius 1 is 1.17 bits per heavy atom. The van der Waals surface area contributed by atoms with Crippen LogP contribution in [0.2, 0.25) is 0 Å². The van der Waals surface area contributed by atoms with E-state index in [-0.39, 0.29) is 5.69 Å². The van der Waals surface area contributed by atoms with Crippen LogP contribution < -0.4 is 15.6 Å². The third kappa shape index (κ3) is 4.35. The van der Waals surface area contributed by atoms with Crippen LogP contribution in [0.3, 0.4) is 0 Å². The summed E-state index contributed by atoms with van der Waals surface area (Å²) in [4.78, 5) is 35.4. The lowest BCUT2D eigenvalue weighted by atomic mass is 10.1. The van der Waals surface area contributed by atoms with Gasteiger partial charge in [-0.25, -0.2) is 4.68 Å². The number of nitrogens with one attached hydrogen (secondary N) is 1. The Kier molecular flexibility index (Phi) is 5.91. The Hall–Kier alpha value is -4.01. The van der Waals surface area contributed by atoms with E-state index in [1.807, 2.05) is 0 Å². The number of hydrogen-bond donors (Lipinski definition) is 1. The van der Waals surface area contributed by atoms with Crippen molar-refractivity contribution in [3.8, 4) is 17.0 Å². The van der Waals surface area contributed by atoms with Gasteiger partial charge in [-0.3, -0.25) is 19.7 Å². The number of nitrogens with zero attached hydrogens (tertiary/aromatic N) is 3. The minimum Gasteiger partial charge on any atom is -0.497 e. The lowest BCUT2D eigenvalue weighted by molar-refractivity contribution is -0.384. The molecule has 9 nitrogen and oxygen atoms in total. The summed E-state index contributed by atoms with van der Waals surface area (Å²) in [5.74, 6) is 0.228. The predicted octanol–water partition coefficient (Wildman–Crippen LogP) is 3.34. The molecule has 0 spiro atoms. The normalized spacial score (nSPS) is 11.6. The summed E-state index contributed by atoms with van der Waals surface area (Å²) >= 11 is 0. The van der Waals surface area contributed by atoms with Gasteiger partial charge < -0.3 is 10.1 Å². The number of non-ortho nitro benzene ring substituents is 1. The smallest absolute Gasteiger partial charge is 0.269 e. The van der Waals surface area contributed by atoms with Crippen molar-refractivity contribution in [1.29, 1.82) is 0 Å². The molecule has 9 heteroatoms. The first-order chi connectivity index (χ1) is 14.3. The lowest BCUT2D eigenvalue weighted by Crippen LogP contribution is -2.33. The lowest BCUT2D eigenvalue weighted by Gasteiger charge is -2.16. The topological polar surface area (TPSA) is 116 Å². The fraction of sp³-hybridized carbons (Fsp3) is 0.190. The van der Waals surface area contributed by atoms with Gasteiger partial charge in [-0.15, -0.1) is 0 Å². The Morgan fingerprint density at radius 3 is 2.47 bits per heavy atom. The summed E-state index contributed by atoms with van der Waals surface area (Å²) in [6, 6.07) is 13.4. The number of hydrogen-bond acceptors (Lipinski definition) is 6. The number of rotatable bonds is 6. The molecular weight excluding hydrogens is 388 g/mol. The van der Waals surface area contributed by atoms with E-state index in [0.717, 1.165) is 10.2 Å². The van der Waals surface area contributed by atoms with E-state index >= 15 is 0 Å². The SMILES string of the molecule is COc1ccc(-c2ccc(=O)n(C(C)C(=O)Nc3ccc([N+](=O)[O-])cc3C)n2)cc1. The van der Waals surface area contributed by atoms with Gasteiger partial charge in [-0.1, -0.05) is 0 Å². The first kappa shape index (κ1) is 20.7. The fourth-order valence-electron chi connectivity index (χ4n) is 2.87. The van der Waals surface area contributed by atoms with Gasteiger partial charge in [-0.05, 0) is 55.8 Å². The van der Waals surface area contributed by atoms with Crippen molar-refractivity contribution < 1.29 is 14.5 Å². The first-order valence-electron chi connectivity index (χ1n) is 9.10. The summed E-state index contributed by atoms with van der Waals surface area (Å²) in [6.45, 7) is 3.21. The molecule has 154 valence electrons. The van der Waals surface area contributed by atoms with Crippen molar-refractivity contribution >= 4 is 17.3 Å². The van der Waals surface area contributed by atoms with Crippen LogP contribution in [0.4, 0.5) is 11.4 Å². The standard InChI is InChI=1S/C21H20N4O5/c1-13-12-16(25(28)29)6-9-18(13)22-21(27)14(2)24-20(26)11-10-19(23-24)15-4-7-17(30-3)8-5-15/h4-12,14H,1-3H3,(H,22,27). The molecule has 0 saturated heterocycles. The zero-order chi connectivity index (χ0) is 21.8. The van der Waals surface area contributed by atoms with Crippen molar-refractivity contribution in [3.63, 3.8) is 0 Å². The molecule has 0 bridgehead atoms. The molecule has 0 aliphatic heterocycles. The molecule has 2 aromatic carbocycles. The van der Waals surface area contributed by atoms with Crippen LogP contribution in [0, 0.1) is 17.0 Å². The summed E-state index contributed by atoms with van der Waals surface area (Å²) in [7, 11) is 1.57. The predicted molar refractivity (Wildman–Crippen MR) is 112 cm³/mol. The molecular formula is C21H20N4O5. The number of nitro benzene ring substituents is 1. The van der Waals surface area contributed by atoms with Gasteiger partial charge in [0.25, 0.3) is 11.2 Å². The minimum atomic E-state index is -0.898. The van der Waals surface area contributed by atoms with Gasteiger partial charge in [0.15, 0.2) is 0 Å². The Bertz CT molecular complexity index is 1150. The van der Waals surface area contributed by atoms with E-state index in [0.29, 0.717) is 22.7 Å². The van der Waals surface area contributed by atoms with Crippen LogP contribution in [-0.2, 0) is 4.79 Å². The highest BCUT2D eigenvalue weighted by atomic mass is 16.6. The fourth-order valence-corrected chi connectivity index (χ4v) is 2.87. The molecule has 1 atom stereocenters. The zero-order valence-electron chi connectivity index (χ0n) is 16.7. The van der Waals surface area contributed by atoms with Crippen LogP contribution in [0.15, 0.2) is 59.4 Å². The van der Waals surface area contributed by atoms with Gasteiger partial charge in [0.2, 0.25) is 5.91 Å². The average Bonchev–Trinajstić information content (AvgIpc) is 2.75. The number of nitro groups is 1. The maximum Gasteiger partial charge on any atom is 0.269 e. The maximum absolute atomic E-state index is 12.7. The first-order valence-corrected chi connectivity index (χ1v) is 9.10. The monoisotopic (exact) mass is 408 g/mol. The van der Waals surface area contributed by atoms with E-state index in [1.165, 1.54) is 24.3 Å². The number of carbonyl (C=O) groups is 1. The third-order valence-electron chi connectivity index (χ3n) is 4.64. The molecule has 30 heavy (non-hydrogen) atoms. The Morgan fingerprint density at radius 2 is 1.87 bits per heavy atom. The molecule has 0 radical (unpaired) electrons. The minimum absolute atomic E-state index is 0.0661. The largest absolute Gasteiger partial charge is 0.497 e. The summed E-state index contributed by atoms with van der Waals surface area (Å²) in [5, 5.41) is 17.9. The number of ether oxygens (including phenoxy) is 1. The number of aryl methyl sites for hydroxylation is 1. The molecule has 0 fully saturated rings. The van der Waals surface area contributed by atoms with Gasteiger partial charge in [-0.2, -0.15) is 5.10 Å². The molecule has 3 rings (SSSR count). The molecule has 0 saturated carbocycles. The second-order valence-electron chi connectivity index (χ2n) is 6.65. The van der Waals surface area contributed by atoms with Gasteiger partial charge in [0.05, 0.1) is 17.7 Å². The Balaban J connectivity index is 1.85. The molecule has 1 heterocycles. The molecule has 1 unspecified atom stereocenters. The number of benzene rings is 2. The molecule has 1 aromatic heterocycles. The molecule has 0 aliphatic rings. The van der Waals surface area contributed by atoms with Crippen molar-refractivity contribution in [3.05, 3.63) is 80.6 Å². The summed E-state index contributed by atoms with van der Waals surface area (Å²) < 4.78 is 6.25. The van der Waals surface area contributed by atoms with Crippen LogP contribution in [0.25, 0.3) is 11.3 Å². The zero-order valence-corrected chi connectivity index (χ0v) is 16.7. The molecule has 0 aliphatic carbocycles. The highest BCUT2D eigenvalue weighted by molar-refractivity contribution is 5.94. The van der Waals surface area contributed by atoms with Crippen molar-refractivity contribution in [1.82, 2.24) is 9.78 Å². The van der Waals surface area contributed by atoms with Crippen molar-refractivity contribution in [2.75, 3.05) is 12.4 Å². The van der Waals surface area contributed by atoms with Crippen molar-refractivity contribution in [2.24, 2.45) is 0 Å². The van der Waals surface area contributed by atoms with E-state index < -0.39 is 22.4 Å². The number of aromatic nitrogens is 2. The van der Waals surface area contributed by atoms with E-state index in [9.17, 15) is 19.7 Å². The van der Waals surface area contributed by atoms with E-state index in [2.05, 4.69) is 10.4 Å². The summed E-state index contributed by atoms with van der Waals surface area (Å²) in [5.41, 5.74) is 1.78. The van der Waals surface area contributed by atoms with Gasteiger partial charge >= 0.3 is 0 Å². The number of anilines is 1. The quantitative estimate of drug-likeness (QED) is 0.494. The molecule has 3 aromatic rings. The van der Waals surface area contributed by atoms with Crippen LogP contribution in [-0.4, -0.2) is 27.7 Å². The Labute approximate surface area is 172 Å². The van der Waals surface area contributed by atoms with Crippen LogP contribution in [0.5, 0.6) is 5.75 Å². The van der Waals surface area contributed by atoms with Gasteiger partial charge in [0, 0.05) is 29.4 Å². The molecule has 1 N–H and O–H groups in total. The van der Waals surface area contributed by atoms with Crippen LogP contribution >= 0.6 is 0 Å². The number of methoxy groups -OCH3 is 1. The highest BCUT2D eigenvalue weighted by Crippen LogP contribution is 2.23. The highest BCUT2D eigenvalue weighted by Gasteiger charge is 2.19. The second-order valence-corrected chi connectivity index (χ2v) is 6.65. The van der Waals surface area contributed by atoms with Gasteiger partial charge in [0.1, 0.15) is 11.8 Å². The third-order valence-corrected chi connectivity index (χ3v) is 4.64. The van der Waals surface area contributed by atoms with Crippen LogP contribution in [0.1, 0.15) is 18.5 Å². The van der Waals surface area contributed by atoms with E-state index in [4.69, 9.17) is 4.74 Å².